The average Bonchev–Trinajstić information content (AvgIpc) is 3.62. The number of fused-ring (bicyclic) bond motifs is 1. The van der Waals surface area contributed by atoms with Crippen LogP contribution in [0.1, 0.15) is 56.1 Å². The number of hydrogen-bond donors (Lipinski definition) is 2. The number of nitrogens with one attached hydrogen (secondary N) is 2. The molecule has 2 bridgehead atoms. The lowest BCUT2D eigenvalue weighted by atomic mass is 9.52. The smallest absolute Gasteiger partial charge is 0.308 e. The van der Waals surface area contributed by atoms with Crippen molar-refractivity contribution in [3.8, 4) is 0 Å². The van der Waals surface area contributed by atoms with Gasteiger partial charge in [-0.25, -0.2) is 4.79 Å². The fourth-order valence-electron chi connectivity index (χ4n) is 6.85. The molecule has 6 rings (SSSR count). The van der Waals surface area contributed by atoms with E-state index in [0.717, 1.165) is 32.8 Å². The van der Waals surface area contributed by atoms with Crippen molar-refractivity contribution in [3.63, 3.8) is 0 Å². The molecular weight excluding hydrogens is 545 g/mol. The molecule has 2 saturated carbocycles. The van der Waals surface area contributed by atoms with E-state index in [9.17, 15) is 4.79 Å². The second-order valence-electron chi connectivity index (χ2n) is 10.4. The maximum Gasteiger partial charge on any atom is 0.323 e. The third-order valence-electron chi connectivity index (χ3n) is 8.50. The lowest BCUT2D eigenvalue weighted by molar-refractivity contribution is -0.0133. The van der Waals surface area contributed by atoms with Crippen LogP contribution in [0.15, 0.2) is 42.5 Å². The molecule has 2 aromatic carbocycles. The Labute approximate surface area is 216 Å². The van der Waals surface area contributed by atoms with Gasteiger partial charge in [-0.1, -0.05) is 18.9 Å². The quantitative estimate of drug-likeness (QED) is 0.392. The van der Waals surface area contributed by atoms with Crippen LogP contribution < -0.4 is 10.6 Å². The Balaban J connectivity index is 0.00000228. The van der Waals surface area contributed by atoms with E-state index in [1.54, 1.807) is 0 Å². The monoisotopic (exact) mass is 577 g/mol. The lowest BCUT2D eigenvalue weighted by Gasteiger charge is -2.59. The predicted molar refractivity (Wildman–Crippen MR) is 146 cm³/mol. The van der Waals surface area contributed by atoms with Crippen molar-refractivity contribution in [3.05, 3.63) is 57.2 Å². The van der Waals surface area contributed by atoms with Crippen LogP contribution in [0.2, 0.25) is 0 Å². The van der Waals surface area contributed by atoms with Gasteiger partial charge < -0.3 is 10.6 Å². The third-order valence-corrected chi connectivity index (χ3v) is 9.22. The van der Waals surface area contributed by atoms with Gasteiger partial charge in [0, 0.05) is 32.9 Å². The van der Waals surface area contributed by atoms with Gasteiger partial charge in [0.05, 0.1) is 0 Å². The molecule has 3 aliphatic carbocycles. The molecule has 1 aliphatic heterocycles. The molecule has 4 nitrogen and oxygen atoms in total. The van der Waals surface area contributed by atoms with Gasteiger partial charge in [-0.15, -0.1) is 12.4 Å². The predicted octanol–water partition coefficient (Wildman–Crippen LogP) is 6.83. The van der Waals surface area contributed by atoms with E-state index in [0.29, 0.717) is 5.41 Å². The number of amides is 2. The minimum absolute atomic E-state index is 0. The minimum atomic E-state index is -0.170. The Hall–Kier alpha value is -1.31. The van der Waals surface area contributed by atoms with Crippen LogP contribution in [0.25, 0.3) is 0 Å². The summed E-state index contributed by atoms with van der Waals surface area (Å²) >= 11 is 2.27. The average molecular weight is 578 g/mol. The summed E-state index contributed by atoms with van der Waals surface area (Å²) in [5.41, 5.74) is 5.12. The normalized spacial score (nSPS) is 28.2. The zero-order valence-corrected chi connectivity index (χ0v) is 22.0. The third kappa shape index (κ3) is 4.53. The Morgan fingerprint density at radius 1 is 1.00 bits per heavy atom. The molecule has 33 heavy (non-hydrogen) atoms. The summed E-state index contributed by atoms with van der Waals surface area (Å²) in [7, 11) is 0. The van der Waals surface area contributed by atoms with E-state index in [4.69, 9.17) is 0 Å². The van der Waals surface area contributed by atoms with Crippen LogP contribution in [0.3, 0.4) is 0 Å². The van der Waals surface area contributed by atoms with E-state index in [1.165, 1.54) is 75.6 Å². The summed E-state index contributed by atoms with van der Waals surface area (Å²) in [6, 6.07) is 15.2. The number of likely N-dealkylation sites (tertiary alicyclic amines) is 1. The first kappa shape index (κ1) is 23.4. The molecule has 0 spiro atoms. The molecule has 176 valence electrons. The maximum absolute atomic E-state index is 12.7. The van der Waals surface area contributed by atoms with E-state index in [2.05, 4.69) is 56.3 Å². The molecule has 2 N–H and O–H groups in total. The number of hydrogen-bond acceptors (Lipinski definition) is 2. The van der Waals surface area contributed by atoms with Crippen molar-refractivity contribution in [2.75, 3.05) is 23.7 Å². The molecule has 0 radical (unpaired) electrons. The Morgan fingerprint density at radius 2 is 1.76 bits per heavy atom. The molecule has 4 aliphatic rings. The number of carbonyl (C=O) groups excluding carboxylic acids is 1. The first-order valence-electron chi connectivity index (χ1n) is 12.3. The minimum Gasteiger partial charge on any atom is -0.308 e. The van der Waals surface area contributed by atoms with Crippen molar-refractivity contribution < 1.29 is 4.79 Å². The van der Waals surface area contributed by atoms with E-state index in [-0.39, 0.29) is 18.4 Å². The highest BCUT2D eigenvalue weighted by Gasteiger charge is 2.54. The fraction of sp³-hybridized carbons (Fsp3) is 0.519. The zero-order valence-electron chi connectivity index (χ0n) is 19.0. The number of carbonyl (C=O) groups is 1. The maximum atomic E-state index is 12.7. The summed E-state index contributed by atoms with van der Waals surface area (Å²) in [5.74, 6) is 1.75. The molecular formula is C27H33ClIN3O. The summed E-state index contributed by atoms with van der Waals surface area (Å²) in [5, 5.41) is 6.07. The summed E-state index contributed by atoms with van der Waals surface area (Å²) in [4.78, 5) is 15.5. The molecule has 1 saturated heterocycles. The summed E-state index contributed by atoms with van der Waals surface area (Å²) in [6.07, 6.45) is 10.8. The first-order chi connectivity index (χ1) is 15.6. The van der Waals surface area contributed by atoms with E-state index >= 15 is 0 Å². The Morgan fingerprint density at radius 3 is 2.55 bits per heavy atom. The molecule has 2 amide bonds. The van der Waals surface area contributed by atoms with Crippen molar-refractivity contribution in [1.29, 1.82) is 0 Å². The number of piperidine rings is 1. The standard InChI is InChI=1S/C27H32IN3O.ClH/c28-20-7-10-21(11-8-20)29-26(32)30-22-9-6-19-15-25-23-3-1-2-12-27(23,24(19)16-22)13-14-31(25)17-18-4-5-18;/h6-11,16,18,23,25H,1-5,12-15,17H2,(H2,29,30,32);1H/t23-,25+,27+;/m0./s1. The number of rotatable bonds is 4. The SMILES string of the molecule is Cl.O=C(Nc1ccc(I)cc1)Nc1ccc2c(c1)[C@@]13CCCC[C@H]1[C@@H](C2)N(CC1CC1)CC3. The van der Waals surface area contributed by atoms with Crippen molar-refractivity contribution in [1.82, 2.24) is 4.90 Å². The van der Waals surface area contributed by atoms with Crippen LogP contribution in [0, 0.1) is 15.4 Å². The Bertz CT molecular complexity index is 1020. The zero-order chi connectivity index (χ0) is 21.7. The second kappa shape index (κ2) is 9.38. The van der Waals surface area contributed by atoms with Gasteiger partial charge in [-0.3, -0.25) is 4.90 Å². The topological polar surface area (TPSA) is 44.4 Å². The highest BCUT2D eigenvalue weighted by atomic mass is 127. The second-order valence-corrected chi connectivity index (χ2v) is 11.7. The molecule has 0 unspecified atom stereocenters. The van der Waals surface area contributed by atoms with E-state index in [1.807, 2.05) is 24.3 Å². The van der Waals surface area contributed by atoms with Gasteiger partial charge in [0.2, 0.25) is 0 Å². The highest BCUT2D eigenvalue weighted by molar-refractivity contribution is 14.1. The fourth-order valence-corrected chi connectivity index (χ4v) is 7.21. The molecule has 3 fully saturated rings. The van der Waals surface area contributed by atoms with E-state index < -0.39 is 0 Å². The molecule has 0 aromatic heterocycles. The number of anilines is 2. The van der Waals surface area contributed by atoms with Crippen molar-refractivity contribution in [2.24, 2.45) is 11.8 Å². The van der Waals surface area contributed by atoms with Gasteiger partial charge in [-0.05, 0) is 127 Å². The highest BCUT2D eigenvalue weighted by Crippen LogP contribution is 2.56. The van der Waals surface area contributed by atoms with Crippen LogP contribution in [-0.2, 0) is 11.8 Å². The lowest BCUT2D eigenvalue weighted by Crippen LogP contribution is -2.61. The molecule has 2 aromatic rings. The van der Waals surface area contributed by atoms with Crippen molar-refractivity contribution >= 4 is 52.4 Å². The van der Waals surface area contributed by atoms with Gasteiger partial charge >= 0.3 is 6.03 Å². The van der Waals surface area contributed by atoms with Crippen LogP contribution in [-0.4, -0.2) is 30.1 Å². The van der Waals surface area contributed by atoms with Crippen molar-refractivity contribution in [2.45, 2.75) is 62.8 Å². The number of halogens is 2. The largest absolute Gasteiger partial charge is 0.323 e. The van der Waals surface area contributed by atoms with Gasteiger partial charge in [-0.2, -0.15) is 0 Å². The summed E-state index contributed by atoms with van der Waals surface area (Å²) in [6.45, 7) is 2.58. The van der Waals surface area contributed by atoms with Crippen LogP contribution in [0.5, 0.6) is 0 Å². The number of benzene rings is 2. The van der Waals surface area contributed by atoms with Gasteiger partial charge in [0.1, 0.15) is 0 Å². The summed E-state index contributed by atoms with van der Waals surface area (Å²) < 4.78 is 1.16. The van der Waals surface area contributed by atoms with Crippen LogP contribution >= 0.6 is 35.0 Å². The van der Waals surface area contributed by atoms with Gasteiger partial charge in [0.25, 0.3) is 0 Å². The molecule has 6 heteroatoms. The first-order valence-corrected chi connectivity index (χ1v) is 13.4. The molecule has 3 atom stereocenters. The van der Waals surface area contributed by atoms with Crippen LogP contribution in [0.4, 0.5) is 16.2 Å². The van der Waals surface area contributed by atoms with Gasteiger partial charge in [0.15, 0.2) is 0 Å². The molecule has 1 heterocycles. The number of urea groups is 1. The number of nitrogens with zero attached hydrogens (tertiary/aromatic N) is 1. The Kier molecular flexibility index (Phi) is 6.66.